The van der Waals surface area contributed by atoms with Gasteiger partial charge in [-0.1, -0.05) is 6.07 Å². The van der Waals surface area contributed by atoms with Gasteiger partial charge in [0.1, 0.15) is 5.82 Å². The monoisotopic (exact) mass is 248 g/mol. The van der Waals surface area contributed by atoms with Gasteiger partial charge in [-0.2, -0.15) is 0 Å². The van der Waals surface area contributed by atoms with Gasteiger partial charge in [0.05, 0.1) is 6.54 Å². The van der Waals surface area contributed by atoms with Crippen molar-refractivity contribution in [2.75, 3.05) is 31.6 Å². The van der Waals surface area contributed by atoms with Crippen LogP contribution >= 0.6 is 0 Å². The summed E-state index contributed by atoms with van der Waals surface area (Å²) >= 11 is 0. The number of pyridine rings is 1. The van der Waals surface area contributed by atoms with Crippen LogP contribution in [-0.4, -0.2) is 48.5 Å². The summed E-state index contributed by atoms with van der Waals surface area (Å²) in [6, 6.07) is 5.86. The van der Waals surface area contributed by atoms with E-state index in [0.29, 0.717) is 18.4 Å². The summed E-state index contributed by atoms with van der Waals surface area (Å²) in [7, 11) is 1.76. The van der Waals surface area contributed by atoms with Gasteiger partial charge in [-0.15, -0.1) is 0 Å². The Hall–Kier alpha value is -1.46. The van der Waals surface area contributed by atoms with Crippen LogP contribution in [0.4, 0.5) is 5.82 Å². The number of likely N-dealkylation sites (N-methyl/N-ethyl adjacent to an activating group) is 1. The lowest BCUT2D eigenvalue weighted by Gasteiger charge is -2.30. The molecule has 1 saturated heterocycles. The first-order valence-corrected chi connectivity index (χ1v) is 6.32. The first kappa shape index (κ1) is 13.0. The Morgan fingerprint density at radius 1 is 1.50 bits per heavy atom. The Kier molecular flexibility index (Phi) is 4.28. The number of hydrogen-bond donors (Lipinski definition) is 1. The van der Waals surface area contributed by atoms with Gasteiger partial charge in [-0.25, -0.2) is 4.98 Å². The number of hydrogen-bond acceptors (Lipinski definition) is 4. The maximum Gasteiger partial charge on any atom is 0.242 e. The maximum absolute atomic E-state index is 12.1. The van der Waals surface area contributed by atoms with Gasteiger partial charge in [-0.3, -0.25) is 14.6 Å². The highest BCUT2D eigenvalue weighted by Crippen LogP contribution is 2.11. The van der Waals surface area contributed by atoms with Crippen molar-refractivity contribution in [3.05, 3.63) is 24.4 Å². The Bertz CT molecular complexity index is 387. The van der Waals surface area contributed by atoms with Crippen LogP contribution in [0.25, 0.3) is 0 Å². The highest BCUT2D eigenvalue weighted by atomic mass is 16.2. The van der Waals surface area contributed by atoms with E-state index in [1.807, 2.05) is 18.2 Å². The van der Waals surface area contributed by atoms with E-state index in [1.165, 1.54) is 0 Å². The van der Waals surface area contributed by atoms with Crippen LogP contribution in [-0.2, 0) is 4.79 Å². The average Bonchev–Trinajstić information content (AvgIpc) is 2.41. The summed E-state index contributed by atoms with van der Waals surface area (Å²) < 4.78 is 0. The van der Waals surface area contributed by atoms with Gasteiger partial charge >= 0.3 is 0 Å². The molecule has 2 N–H and O–H groups in total. The number of carbonyl (C=O) groups excluding carboxylic acids is 1. The second-order valence-electron chi connectivity index (χ2n) is 4.75. The molecule has 0 radical (unpaired) electrons. The van der Waals surface area contributed by atoms with Crippen LogP contribution in [0.15, 0.2) is 24.4 Å². The molecular weight excluding hydrogens is 228 g/mol. The number of nitrogens with zero attached hydrogens (tertiary/aromatic N) is 3. The van der Waals surface area contributed by atoms with Crippen LogP contribution < -0.4 is 10.6 Å². The SMILES string of the molecule is CN(C(=O)CN1CCC(N)CC1)c1ccccn1. The van der Waals surface area contributed by atoms with Crippen LogP contribution in [0.5, 0.6) is 0 Å². The minimum absolute atomic E-state index is 0.0733. The number of anilines is 1. The molecule has 98 valence electrons. The third-order valence-corrected chi connectivity index (χ3v) is 3.36. The molecule has 2 rings (SSSR count). The number of carbonyl (C=O) groups is 1. The van der Waals surface area contributed by atoms with E-state index in [-0.39, 0.29) is 5.91 Å². The summed E-state index contributed by atoms with van der Waals surface area (Å²) in [6.45, 7) is 2.26. The van der Waals surface area contributed by atoms with Gasteiger partial charge in [0.2, 0.25) is 5.91 Å². The third kappa shape index (κ3) is 3.27. The average molecular weight is 248 g/mol. The van der Waals surface area contributed by atoms with Crippen molar-refractivity contribution in [1.82, 2.24) is 9.88 Å². The van der Waals surface area contributed by atoms with Crippen molar-refractivity contribution in [2.45, 2.75) is 18.9 Å². The number of rotatable bonds is 3. The molecule has 5 nitrogen and oxygen atoms in total. The van der Waals surface area contributed by atoms with Gasteiger partial charge in [0, 0.05) is 32.4 Å². The van der Waals surface area contributed by atoms with Crippen LogP contribution in [0.1, 0.15) is 12.8 Å². The maximum atomic E-state index is 12.1. The normalized spacial score (nSPS) is 17.7. The number of amides is 1. The lowest BCUT2D eigenvalue weighted by Crippen LogP contribution is -2.45. The van der Waals surface area contributed by atoms with E-state index < -0.39 is 0 Å². The van der Waals surface area contributed by atoms with Crippen LogP contribution in [0, 0.1) is 0 Å². The lowest BCUT2D eigenvalue weighted by atomic mass is 10.1. The molecule has 0 spiro atoms. The van der Waals surface area contributed by atoms with Gasteiger partial charge in [-0.05, 0) is 25.0 Å². The second kappa shape index (κ2) is 5.93. The van der Waals surface area contributed by atoms with E-state index in [9.17, 15) is 4.79 Å². The van der Waals surface area contributed by atoms with E-state index >= 15 is 0 Å². The van der Waals surface area contributed by atoms with E-state index in [1.54, 1.807) is 18.1 Å². The first-order valence-electron chi connectivity index (χ1n) is 6.32. The highest BCUT2D eigenvalue weighted by Gasteiger charge is 2.20. The highest BCUT2D eigenvalue weighted by molar-refractivity contribution is 5.93. The minimum Gasteiger partial charge on any atom is -0.328 e. The topological polar surface area (TPSA) is 62.5 Å². The van der Waals surface area contributed by atoms with Crippen molar-refractivity contribution in [1.29, 1.82) is 0 Å². The molecule has 0 bridgehead atoms. The second-order valence-corrected chi connectivity index (χ2v) is 4.75. The van der Waals surface area contributed by atoms with E-state index in [2.05, 4.69) is 9.88 Å². The first-order chi connectivity index (χ1) is 8.66. The van der Waals surface area contributed by atoms with Crippen molar-refractivity contribution < 1.29 is 4.79 Å². The molecule has 5 heteroatoms. The Labute approximate surface area is 108 Å². The molecule has 1 aliphatic heterocycles. The zero-order valence-corrected chi connectivity index (χ0v) is 10.7. The third-order valence-electron chi connectivity index (χ3n) is 3.36. The summed E-state index contributed by atoms with van der Waals surface area (Å²) in [5.74, 6) is 0.764. The summed E-state index contributed by atoms with van der Waals surface area (Å²) in [6.07, 6.45) is 3.64. The summed E-state index contributed by atoms with van der Waals surface area (Å²) in [5.41, 5.74) is 5.85. The molecule has 0 aromatic carbocycles. The molecule has 0 saturated carbocycles. The largest absolute Gasteiger partial charge is 0.328 e. The molecule has 1 amide bonds. The van der Waals surface area contributed by atoms with Crippen molar-refractivity contribution in [3.63, 3.8) is 0 Å². The lowest BCUT2D eigenvalue weighted by molar-refractivity contribution is -0.119. The zero-order chi connectivity index (χ0) is 13.0. The molecule has 0 unspecified atom stereocenters. The molecule has 1 aromatic heterocycles. The fourth-order valence-electron chi connectivity index (χ4n) is 2.09. The predicted molar refractivity (Wildman–Crippen MR) is 71.3 cm³/mol. The van der Waals surface area contributed by atoms with Gasteiger partial charge in [0.15, 0.2) is 0 Å². The molecule has 1 aliphatic rings. The number of likely N-dealkylation sites (tertiary alicyclic amines) is 1. The number of aromatic nitrogens is 1. The van der Waals surface area contributed by atoms with Crippen LogP contribution in [0.2, 0.25) is 0 Å². The zero-order valence-electron chi connectivity index (χ0n) is 10.7. The molecule has 1 fully saturated rings. The molecular formula is C13H20N4O. The minimum atomic E-state index is 0.0733. The Balaban J connectivity index is 1.88. The predicted octanol–water partition coefficient (Wildman–Crippen LogP) is 0.468. The Morgan fingerprint density at radius 3 is 2.83 bits per heavy atom. The van der Waals surface area contributed by atoms with E-state index in [0.717, 1.165) is 25.9 Å². The van der Waals surface area contributed by atoms with Crippen molar-refractivity contribution in [2.24, 2.45) is 5.73 Å². The Morgan fingerprint density at radius 2 is 2.22 bits per heavy atom. The van der Waals surface area contributed by atoms with Gasteiger partial charge in [0.25, 0.3) is 0 Å². The van der Waals surface area contributed by atoms with Crippen molar-refractivity contribution in [3.8, 4) is 0 Å². The molecule has 2 heterocycles. The van der Waals surface area contributed by atoms with E-state index in [4.69, 9.17) is 5.73 Å². The molecule has 18 heavy (non-hydrogen) atoms. The number of piperidine rings is 1. The smallest absolute Gasteiger partial charge is 0.242 e. The van der Waals surface area contributed by atoms with Gasteiger partial charge < -0.3 is 5.73 Å². The molecule has 1 aromatic rings. The molecule has 0 atom stereocenters. The summed E-state index contributed by atoms with van der Waals surface area (Å²) in [4.78, 5) is 20.0. The summed E-state index contributed by atoms with van der Waals surface area (Å²) in [5, 5.41) is 0. The number of nitrogens with two attached hydrogens (primary N) is 1. The van der Waals surface area contributed by atoms with Crippen LogP contribution in [0.3, 0.4) is 0 Å². The quantitative estimate of drug-likeness (QED) is 0.844. The van der Waals surface area contributed by atoms with Crippen molar-refractivity contribution >= 4 is 11.7 Å². The fraction of sp³-hybridized carbons (Fsp3) is 0.538. The standard InChI is InChI=1S/C13H20N4O/c1-16(12-4-2-3-7-15-12)13(18)10-17-8-5-11(14)6-9-17/h2-4,7,11H,5-6,8-10,14H2,1H3. The fourth-order valence-corrected chi connectivity index (χ4v) is 2.09. The molecule has 0 aliphatic carbocycles.